The molecule has 23 heavy (non-hydrogen) atoms. The van der Waals surface area contributed by atoms with Crippen molar-refractivity contribution in [1.82, 2.24) is 10.2 Å². The van der Waals surface area contributed by atoms with Crippen LogP contribution < -0.4 is 5.32 Å². The van der Waals surface area contributed by atoms with Gasteiger partial charge < -0.3 is 10.2 Å². The molecule has 1 aliphatic heterocycles. The van der Waals surface area contributed by atoms with Gasteiger partial charge in [0.1, 0.15) is 0 Å². The van der Waals surface area contributed by atoms with Crippen LogP contribution >= 0.6 is 0 Å². The van der Waals surface area contributed by atoms with Crippen LogP contribution in [-0.2, 0) is 9.59 Å². The molecule has 0 unspecified atom stereocenters. The molecule has 0 atom stereocenters. The summed E-state index contributed by atoms with van der Waals surface area (Å²) in [6.45, 7) is 7.54. The van der Waals surface area contributed by atoms with Gasteiger partial charge in [0.25, 0.3) is 0 Å². The van der Waals surface area contributed by atoms with Crippen LogP contribution in [0, 0.1) is 11.3 Å². The van der Waals surface area contributed by atoms with E-state index in [1.165, 1.54) is 25.7 Å². The average Bonchev–Trinajstić information content (AvgIpc) is 2.83. The molecule has 0 bridgehead atoms. The molecule has 0 aromatic heterocycles. The molecule has 2 amide bonds. The third-order valence-electron chi connectivity index (χ3n) is 5.82. The van der Waals surface area contributed by atoms with E-state index >= 15 is 0 Å². The van der Waals surface area contributed by atoms with Crippen molar-refractivity contribution in [3.8, 4) is 0 Å². The fraction of sp³-hybridized carbons (Fsp3) is 0.895. The standard InChI is InChI=1S/C19H34N2O2/c1-4-19(2,3)18(23)21-13-11-15(12-14-21)17(22)20-16-9-7-5-6-8-10-16/h15-16H,4-14H2,1-3H3,(H,20,22). The molecule has 132 valence electrons. The van der Waals surface area contributed by atoms with Gasteiger partial charge in [-0.3, -0.25) is 9.59 Å². The number of nitrogens with one attached hydrogen (secondary N) is 1. The maximum Gasteiger partial charge on any atom is 0.228 e. The Hall–Kier alpha value is -1.06. The Labute approximate surface area is 141 Å². The molecule has 1 saturated carbocycles. The van der Waals surface area contributed by atoms with Gasteiger partial charge in [0, 0.05) is 30.5 Å². The predicted octanol–water partition coefficient (Wildman–Crippen LogP) is 3.50. The van der Waals surface area contributed by atoms with Gasteiger partial charge in [0.2, 0.25) is 11.8 Å². The smallest absolute Gasteiger partial charge is 0.228 e. The van der Waals surface area contributed by atoms with Crippen LogP contribution in [0.15, 0.2) is 0 Å². The lowest BCUT2D eigenvalue weighted by atomic mass is 9.86. The predicted molar refractivity (Wildman–Crippen MR) is 93.0 cm³/mol. The summed E-state index contributed by atoms with van der Waals surface area (Å²) in [6, 6.07) is 0.378. The summed E-state index contributed by atoms with van der Waals surface area (Å²) < 4.78 is 0. The summed E-state index contributed by atoms with van der Waals surface area (Å²) in [5.74, 6) is 0.549. The van der Waals surface area contributed by atoms with Crippen LogP contribution in [0.4, 0.5) is 0 Å². The zero-order valence-corrected chi connectivity index (χ0v) is 15.2. The second-order valence-electron chi connectivity index (χ2n) is 8.00. The molecule has 1 aliphatic carbocycles. The number of nitrogens with zero attached hydrogens (tertiary/aromatic N) is 1. The van der Waals surface area contributed by atoms with Crippen molar-refractivity contribution >= 4 is 11.8 Å². The maximum atomic E-state index is 12.5. The zero-order valence-electron chi connectivity index (χ0n) is 15.2. The van der Waals surface area contributed by atoms with Gasteiger partial charge >= 0.3 is 0 Å². The topological polar surface area (TPSA) is 49.4 Å². The highest BCUT2D eigenvalue weighted by atomic mass is 16.2. The van der Waals surface area contributed by atoms with Gasteiger partial charge in [-0.2, -0.15) is 0 Å². The average molecular weight is 322 g/mol. The lowest BCUT2D eigenvalue weighted by molar-refractivity contribution is -0.143. The first-order valence-corrected chi connectivity index (χ1v) is 9.54. The van der Waals surface area contributed by atoms with Crippen molar-refractivity contribution in [3.05, 3.63) is 0 Å². The minimum Gasteiger partial charge on any atom is -0.353 e. The molecule has 0 aromatic rings. The fourth-order valence-electron chi connectivity index (χ4n) is 3.67. The SMILES string of the molecule is CCC(C)(C)C(=O)N1CCC(C(=O)NC2CCCCCC2)CC1. The van der Waals surface area contributed by atoms with Crippen LogP contribution in [0.5, 0.6) is 0 Å². The molecule has 0 aromatic carbocycles. The first-order chi connectivity index (χ1) is 10.9. The molecule has 1 saturated heterocycles. The lowest BCUT2D eigenvalue weighted by Crippen LogP contribution is -2.48. The Morgan fingerprint density at radius 1 is 1.00 bits per heavy atom. The summed E-state index contributed by atoms with van der Waals surface area (Å²) in [7, 11) is 0. The van der Waals surface area contributed by atoms with Crippen molar-refractivity contribution in [2.24, 2.45) is 11.3 Å². The summed E-state index contributed by atoms with van der Waals surface area (Å²) >= 11 is 0. The highest BCUT2D eigenvalue weighted by Gasteiger charge is 2.34. The first-order valence-electron chi connectivity index (χ1n) is 9.54. The van der Waals surface area contributed by atoms with E-state index in [2.05, 4.69) is 12.2 Å². The number of hydrogen-bond acceptors (Lipinski definition) is 2. The fourth-order valence-corrected chi connectivity index (χ4v) is 3.67. The zero-order chi connectivity index (χ0) is 16.9. The lowest BCUT2D eigenvalue weighted by Gasteiger charge is -2.36. The van der Waals surface area contributed by atoms with E-state index in [0.29, 0.717) is 6.04 Å². The number of piperidine rings is 1. The van der Waals surface area contributed by atoms with E-state index in [9.17, 15) is 9.59 Å². The van der Waals surface area contributed by atoms with Crippen molar-refractivity contribution < 1.29 is 9.59 Å². The summed E-state index contributed by atoms with van der Waals surface area (Å²) in [6.07, 6.45) is 9.83. The van der Waals surface area contributed by atoms with Crippen molar-refractivity contribution in [2.75, 3.05) is 13.1 Å². The Morgan fingerprint density at radius 2 is 1.57 bits per heavy atom. The van der Waals surface area contributed by atoms with E-state index < -0.39 is 0 Å². The minimum atomic E-state index is -0.282. The van der Waals surface area contributed by atoms with Crippen molar-refractivity contribution in [2.45, 2.75) is 84.6 Å². The number of carbonyl (C=O) groups excluding carboxylic acids is 2. The molecule has 1 N–H and O–H groups in total. The van der Waals surface area contributed by atoms with Crippen molar-refractivity contribution in [1.29, 1.82) is 0 Å². The van der Waals surface area contributed by atoms with Gasteiger partial charge in [0.05, 0.1) is 0 Å². The first kappa shape index (κ1) is 18.3. The Morgan fingerprint density at radius 3 is 2.09 bits per heavy atom. The van der Waals surface area contributed by atoms with Crippen LogP contribution in [0.1, 0.15) is 78.6 Å². The van der Waals surface area contributed by atoms with E-state index in [0.717, 1.165) is 45.2 Å². The monoisotopic (exact) mass is 322 g/mol. The van der Waals surface area contributed by atoms with Gasteiger partial charge in [0.15, 0.2) is 0 Å². The molecular weight excluding hydrogens is 288 g/mol. The second-order valence-corrected chi connectivity index (χ2v) is 8.00. The molecule has 1 heterocycles. The number of carbonyl (C=O) groups is 2. The van der Waals surface area contributed by atoms with E-state index in [4.69, 9.17) is 0 Å². The summed E-state index contributed by atoms with van der Waals surface area (Å²) in [5.41, 5.74) is -0.282. The van der Waals surface area contributed by atoms with E-state index in [-0.39, 0.29) is 23.1 Å². The molecule has 2 aliphatic rings. The summed E-state index contributed by atoms with van der Waals surface area (Å²) in [5, 5.41) is 3.27. The molecule has 4 nitrogen and oxygen atoms in total. The number of rotatable bonds is 4. The van der Waals surface area contributed by atoms with E-state index in [1.807, 2.05) is 18.7 Å². The van der Waals surface area contributed by atoms with Crippen molar-refractivity contribution in [3.63, 3.8) is 0 Å². The summed E-state index contributed by atoms with van der Waals surface area (Å²) in [4.78, 5) is 27.0. The number of hydrogen-bond donors (Lipinski definition) is 1. The van der Waals surface area contributed by atoms with E-state index in [1.54, 1.807) is 0 Å². The van der Waals surface area contributed by atoms with Gasteiger partial charge in [-0.05, 0) is 32.1 Å². The number of amides is 2. The molecule has 2 fully saturated rings. The Bertz CT molecular complexity index is 404. The molecule has 4 heteroatoms. The van der Waals surface area contributed by atoms with Gasteiger partial charge in [-0.25, -0.2) is 0 Å². The number of likely N-dealkylation sites (tertiary alicyclic amines) is 1. The molecule has 0 radical (unpaired) electrons. The molecule has 2 rings (SSSR count). The largest absolute Gasteiger partial charge is 0.353 e. The third-order valence-corrected chi connectivity index (χ3v) is 5.82. The normalized spacial score (nSPS) is 21.8. The molecule has 0 spiro atoms. The second kappa shape index (κ2) is 8.16. The minimum absolute atomic E-state index is 0.0899. The maximum absolute atomic E-state index is 12.5. The highest BCUT2D eigenvalue weighted by molar-refractivity contribution is 5.83. The van der Waals surface area contributed by atoms with Crippen LogP contribution in [0.2, 0.25) is 0 Å². The van der Waals surface area contributed by atoms with Crippen LogP contribution in [-0.4, -0.2) is 35.8 Å². The third kappa shape index (κ3) is 4.95. The Kier molecular flexibility index (Phi) is 6.49. The highest BCUT2D eigenvalue weighted by Crippen LogP contribution is 2.27. The van der Waals surface area contributed by atoms with Crippen LogP contribution in [0.25, 0.3) is 0 Å². The van der Waals surface area contributed by atoms with Gasteiger partial charge in [-0.15, -0.1) is 0 Å². The van der Waals surface area contributed by atoms with Gasteiger partial charge in [-0.1, -0.05) is 46.5 Å². The Balaban J connectivity index is 1.79. The quantitative estimate of drug-likeness (QED) is 0.805. The van der Waals surface area contributed by atoms with Crippen LogP contribution in [0.3, 0.4) is 0 Å². The molecular formula is C19H34N2O2.